The van der Waals surface area contributed by atoms with Crippen LogP contribution >= 0.6 is 11.8 Å². The van der Waals surface area contributed by atoms with Gasteiger partial charge in [-0.3, -0.25) is 4.79 Å². The topological polar surface area (TPSA) is 54.5 Å². The fourth-order valence-corrected chi connectivity index (χ4v) is 6.08. The number of benzene rings is 1. The minimum atomic E-state index is -2.87. The Morgan fingerprint density at radius 2 is 2.05 bits per heavy atom. The van der Waals surface area contributed by atoms with Crippen LogP contribution in [-0.2, 0) is 21.2 Å². The summed E-state index contributed by atoms with van der Waals surface area (Å²) >= 11 is 1.49. The van der Waals surface area contributed by atoms with E-state index in [1.807, 2.05) is 35.2 Å². The van der Waals surface area contributed by atoms with Crippen molar-refractivity contribution in [1.29, 1.82) is 0 Å². The lowest BCUT2D eigenvalue weighted by atomic mass is 10.2. The van der Waals surface area contributed by atoms with Crippen LogP contribution < -0.4 is 0 Å². The Balaban J connectivity index is 1.87. The van der Waals surface area contributed by atoms with Crippen LogP contribution in [0.3, 0.4) is 0 Å². The number of thioether (sulfide) groups is 1. The van der Waals surface area contributed by atoms with Crippen LogP contribution in [-0.4, -0.2) is 48.3 Å². The van der Waals surface area contributed by atoms with Gasteiger partial charge in [-0.25, -0.2) is 8.42 Å². The number of hydrogen-bond acceptors (Lipinski definition) is 4. The standard InChI is InChI=1S/C16H23NO3S2/c1-2-9-17(11-14-6-4-3-5-7-14)16(18)12-21-15-8-10-22(19,20)13-15/h3-7,15H,2,8-13H2,1H3/t15-/m1/s1. The van der Waals surface area contributed by atoms with Crippen LogP contribution in [0.4, 0.5) is 0 Å². The molecule has 0 saturated carbocycles. The highest BCUT2D eigenvalue weighted by Gasteiger charge is 2.29. The van der Waals surface area contributed by atoms with Gasteiger partial charge in [0.25, 0.3) is 0 Å². The zero-order valence-electron chi connectivity index (χ0n) is 12.9. The zero-order chi connectivity index (χ0) is 16.0. The fourth-order valence-electron chi connectivity index (χ4n) is 2.54. The number of nitrogens with zero attached hydrogens (tertiary/aromatic N) is 1. The summed E-state index contributed by atoms with van der Waals surface area (Å²) in [4.78, 5) is 14.3. The van der Waals surface area contributed by atoms with Gasteiger partial charge in [-0.15, -0.1) is 11.8 Å². The Bertz CT molecular complexity index is 587. The normalized spacial score (nSPS) is 20.0. The molecule has 0 unspecified atom stereocenters. The summed E-state index contributed by atoms with van der Waals surface area (Å²) in [5.41, 5.74) is 1.12. The smallest absolute Gasteiger partial charge is 0.232 e. The van der Waals surface area contributed by atoms with Gasteiger partial charge in [0.05, 0.1) is 17.3 Å². The number of sulfone groups is 1. The van der Waals surface area contributed by atoms with E-state index in [4.69, 9.17) is 0 Å². The molecule has 0 N–H and O–H groups in total. The maximum absolute atomic E-state index is 12.4. The molecule has 1 aromatic carbocycles. The van der Waals surface area contributed by atoms with Crippen LogP contribution in [0.15, 0.2) is 30.3 Å². The summed E-state index contributed by atoms with van der Waals surface area (Å²) < 4.78 is 22.9. The van der Waals surface area contributed by atoms with Crippen LogP contribution in [0.5, 0.6) is 0 Å². The molecular formula is C16H23NO3S2. The predicted molar refractivity (Wildman–Crippen MR) is 91.7 cm³/mol. The van der Waals surface area contributed by atoms with E-state index in [-0.39, 0.29) is 22.7 Å². The number of amides is 1. The van der Waals surface area contributed by atoms with E-state index < -0.39 is 9.84 Å². The monoisotopic (exact) mass is 341 g/mol. The SMILES string of the molecule is CCCN(Cc1ccccc1)C(=O)CS[C@@H]1CCS(=O)(=O)C1. The second-order valence-corrected chi connectivity index (χ2v) is 9.15. The Labute approximate surface area is 137 Å². The van der Waals surface area contributed by atoms with E-state index >= 15 is 0 Å². The molecule has 1 aliphatic heterocycles. The van der Waals surface area contributed by atoms with Gasteiger partial charge in [-0.05, 0) is 18.4 Å². The minimum Gasteiger partial charge on any atom is -0.338 e. The van der Waals surface area contributed by atoms with Crippen molar-refractivity contribution in [2.75, 3.05) is 23.8 Å². The first-order chi connectivity index (χ1) is 10.5. The number of rotatable bonds is 7. The summed E-state index contributed by atoms with van der Waals surface area (Å²) in [5.74, 6) is 0.950. The molecule has 6 heteroatoms. The van der Waals surface area contributed by atoms with E-state index in [9.17, 15) is 13.2 Å². The van der Waals surface area contributed by atoms with Gasteiger partial charge in [-0.2, -0.15) is 0 Å². The number of carbonyl (C=O) groups is 1. The molecule has 1 aromatic rings. The first-order valence-electron chi connectivity index (χ1n) is 7.64. The molecule has 22 heavy (non-hydrogen) atoms. The summed E-state index contributed by atoms with van der Waals surface area (Å²) in [7, 11) is -2.87. The van der Waals surface area contributed by atoms with Crippen LogP contribution in [0.2, 0.25) is 0 Å². The Kier molecular flexibility index (Phi) is 6.32. The first-order valence-corrected chi connectivity index (χ1v) is 10.5. The van der Waals surface area contributed by atoms with E-state index in [0.29, 0.717) is 18.7 Å². The van der Waals surface area contributed by atoms with Gasteiger partial charge >= 0.3 is 0 Å². The summed E-state index contributed by atoms with van der Waals surface area (Å²) in [6.07, 6.45) is 1.59. The quantitative estimate of drug-likeness (QED) is 0.764. The van der Waals surface area contributed by atoms with E-state index in [1.165, 1.54) is 11.8 Å². The Hall–Kier alpha value is -1.01. The van der Waals surface area contributed by atoms with Gasteiger partial charge in [0, 0.05) is 18.3 Å². The lowest BCUT2D eigenvalue weighted by Gasteiger charge is -2.22. The van der Waals surface area contributed by atoms with Crippen molar-refractivity contribution < 1.29 is 13.2 Å². The highest BCUT2D eigenvalue weighted by atomic mass is 32.2. The van der Waals surface area contributed by atoms with Crippen molar-refractivity contribution in [3.63, 3.8) is 0 Å². The molecule has 1 saturated heterocycles. The maximum atomic E-state index is 12.4. The number of hydrogen-bond donors (Lipinski definition) is 0. The lowest BCUT2D eigenvalue weighted by Crippen LogP contribution is -2.33. The van der Waals surface area contributed by atoms with Crippen molar-refractivity contribution in [3.8, 4) is 0 Å². The molecule has 2 rings (SSSR count). The van der Waals surface area contributed by atoms with Crippen LogP contribution in [0.1, 0.15) is 25.3 Å². The lowest BCUT2D eigenvalue weighted by molar-refractivity contribution is -0.129. The number of carbonyl (C=O) groups excluding carboxylic acids is 1. The van der Waals surface area contributed by atoms with Crippen molar-refractivity contribution in [2.24, 2.45) is 0 Å². The molecule has 0 aliphatic carbocycles. The molecule has 1 fully saturated rings. The van der Waals surface area contributed by atoms with Gasteiger partial charge in [0.1, 0.15) is 0 Å². The maximum Gasteiger partial charge on any atom is 0.232 e. The second-order valence-electron chi connectivity index (χ2n) is 5.64. The first kappa shape index (κ1) is 17.3. The fraction of sp³-hybridized carbons (Fsp3) is 0.562. The molecule has 1 amide bonds. The zero-order valence-corrected chi connectivity index (χ0v) is 14.5. The van der Waals surface area contributed by atoms with Gasteiger partial charge in [0.2, 0.25) is 5.91 Å². The van der Waals surface area contributed by atoms with Crippen molar-refractivity contribution >= 4 is 27.5 Å². The summed E-state index contributed by atoms with van der Waals surface area (Å²) in [6.45, 7) is 3.41. The molecule has 1 heterocycles. The molecule has 122 valence electrons. The Morgan fingerprint density at radius 3 is 2.64 bits per heavy atom. The van der Waals surface area contributed by atoms with Gasteiger partial charge in [0.15, 0.2) is 9.84 Å². The Morgan fingerprint density at radius 1 is 1.32 bits per heavy atom. The highest BCUT2D eigenvalue weighted by molar-refractivity contribution is 8.02. The molecule has 1 aliphatic rings. The average molecular weight is 341 g/mol. The van der Waals surface area contributed by atoms with Crippen molar-refractivity contribution in [1.82, 2.24) is 4.90 Å². The van der Waals surface area contributed by atoms with Gasteiger partial charge < -0.3 is 4.90 Å². The van der Waals surface area contributed by atoms with E-state index in [1.54, 1.807) is 0 Å². The molecule has 0 spiro atoms. The van der Waals surface area contributed by atoms with Crippen LogP contribution in [0.25, 0.3) is 0 Å². The molecule has 0 bridgehead atoms. The highest BCUT2D eigenvalue weighted by Crippen LogP contribution is 2.24. The molecule has 0 aromatic heterocycles. The van der Waals surface area contributed by atoms with Crippen molar-refractivity contribution in [2.45, 2.75) is 31.6 Å². The van der Waals surface area contributed by atoms with Crippen molar-refractivity contribution in [3.05, 3.63) is 35.9 Å². The minimum absolute atomic E-state index is 0.0779. The predicted octanol–water partition coefficient (Wildman–Crippen LogP) is 2.35. The summed E-state index contributed by atoms with van der Waals surface area (Å²) in [6, 6.07) is 9.95. The largest absolute Gasteiger partial charge is 0.338 e. The van der Waals surface area contributed by atoms with E-state index in [2.05, 4.69) is 6.92 Å². The molecular weight excluding hydrogens is 318 g/mol. The molecule has 0 radical (unpaired) electrons. The third kappa shape index (κ3) is 5.32. The third-order valence-corrected chi connectivity index (χ3v) is 6.96. The molecule has 4 nitrogen and oxygen atoms in total. The average Bonchev–Trinajstić information content (AvgIpc) is 2.85. The van der Waals surface area contributed by atoms with Crippen LogP contribution in [0, 0.1) is 0 Å². The second kappa shape index (κ2) is 8.02. The van der Waals surface area contributed by atoms with E-state index in [0.717, 1.165) is 18.5 Å². The van der Waals surface area contributed by atoms with Gasteiger partial charge in [-0.1, -0.05) is 37.3 Å². The summed E-state index contributed by atoms with van der Waals surface area (Å²) in [5, 5.41) is 0.0779. The third-order valence-electron chi connectivity index (χ3n) is 3.70. The molecule has 1 atom stereocenters.